The Morgan fingerprint density at radius 1 is 1.23 bits per heavy atom. The van der Waals surface area contributed by atoms with Gasteiger partial charge in [0.2, 0.25) is 5.91 Å². The normalized spacial score (nSPS) is 18.6. The van der Waals surface area contributed by atoms with Crippen LogP contribution in [0.25, 0.3) is 16.5 Å². The molecule has 1 aromatic heterocycles. The lowest BCUT2D eigenvalue weighted by molar-refractivity contribution is -0.116. The van der Waals surface area contributed by atoms with Gasteiger partial charge in [-0.15, -0.1) is 12.4 Å². The molecule has 1 N–H and O–H groups in total. The third-order valence-electron chi connectivity index (χ3n) is 6.53. The Hall–Kier alpha value is -2.27. The summed E-state index contributed by atoms with van der Waals surface area (Å²) in [6, 6.07) is 14.4. The first kappa shape index (κ1) is 21.9. The number of aromatic amines is 1. The number of carbonyl (C=O) groups excluding carboxylic acids is 1. The van der Waals surface area contributed by atoms with Gasteiger partial charge in [0.15, 0.2) is 0 Å². The van der Waals surface area contributed by atoms with Crippen LogP contribution in [0.4, 0.5) is 5.69 Å². The highest BCUT2D eigenvalue weighted by molar-refractivity contribution is 6.31. The summed E-state index contributed by atoms with van der Waals surface area (Å²) in [6.45, 7) is 5.56. The topological polar surface area (TPSA) is 39.3 Å². The number of nitrogens with zero attached hydrogens (tertiary/aromatic N) is 2. The van der Waals surface area contributed by atoms with Crippen LogP contribution < -0.4 is 4.90 Å². The van der Waals surface area contributed by atoms with Gasteiger partial charge in [0.05, 0.1) is 0 Å². The van der Waals surface area contributed by atoms with Gasteiger partial charge in [-0.05, 0) is 48.7 Å². The number of hydrogen-bond donors (Lipinski definition) is 1. The number of hydrogen-bond acceptors (Lipinski definition) is 2. The minimum absolute atomic E-state index is 0. The molecule has 6 heteroatoms. The zero-order valence-corrected chi connectivity index (χ0v) is 19.2. The lowest BCUT2D eigenvalue weighted by atomic mass is 9.96. The molecule has 0 radical (unpaired) electrons. The van der Waals surface area contributed by atoms with E-state index in [9.17, 15) is 4.79 Å². The molecule has 0 fully saturated rings. The Morgan fingerprint density at radius 3 is 2.84 bits per heavy atom. The third kappa shape index (κ3) is 4.25. The van der Waals surface area contributed by atoms with Crippen LogP contribution in [0.2, 0.25) is 5.02 Å². The van der Waals surface area contributed by atoms with Crippen LogP contribution in [0.5, 0.6) is 0 Å². The number of fused-ring (bicyclic) bond motifs is 2. The smallest absolute Gasteiger partial charge is 0.223 e. The zero-order valence-electron chi connectivity index (χ0n) is 17.6. The lowest BCUT2D eigenvalue weighted by Gasteiger charge is -2.27. The number of amides is 1. The van der Waals surface area contributed by atoms with Gasteiger partial charge in [0, 0.05) is 65.8 Å². The van der Waals surface area contributed by atoms with Gasteiger partial charge in [-0.1, -0.05) is 41.9 Å². The van der Waals surface area contributed by atoms with E-state index in [-0.39, 0.29) is 18.3 Å². The van der Waals surface area contributed by atoms with Crippen molar-refractivity contribution < 1.29 is 4.79 Å². The summed E-state index contributed by atoms with van der Waals surface area (Å²) in [6.07, 6.45) is 6.60. The number of nitrogens with one attached hydrogen (secondary N) is 1. The fourth-order valence-electron chi connectivity index (χ4n) is 4.90. The first-order valence-electron chi connectivity index (χ1n) is 10.7. The fraction of sp³-hybridized carbons (Fsp3) is 0.320. The quantitative estimate of drug-likeness (QED) is 0.533. The summed E-state index contributed by atoms with van der Waals surface area (Å²) in [5.74, 6) is 0.560. The summed E-state index contributed by atoms with van der Waals surface area (Å²) in [5.41, 5.74) is 6.21. The molecule has 0 saturated carbocycles. The molecule has 162 valence electrons. The van der Waals surface area contributed by atoms with Crippen LogP contribution in [0.3, 0.4) is 0 Å². The van der Waals surface area contributed by atoms with E-state index in [0.29, 0.717) is 5.92 Å². The number of anilines is 1. The van der Waals surface area contributed by atoms with Crippen LogP contribution >= 0.6 is 24.0 Å². The second-order valence-corrected chi connectivity index (χ2v) is 8.78. The van der Waals surface area contributed by atoms with Crippen molar-refractivity contribution in [3.63, 3.8) is 0 Å². The fourth-order valence-corrected chi connectivity index (χ4v) is 5.07. The largest absolute Gasteiger partial charge is 0.361 e. The SMILES string of the molecule is CC(=O)N1CC(CCN2CC=C(c3c[nH]c4cc(Cl)ccc34)CC2)c2ccccc21.Cl. The molecule has 2 aliphatic rings. The molecule has 0 aliphatic carbocycles. The van der Waals surface area contributed by atoms with E-state index in [2.05, 4.69) is 46.4 Å². The molecule has 0 bridgehead atoms. The molecule has 1 amide bonds. The maximum absolute atomic E-state index is 12.0. The molecule has 5 rings (SSSR count). The predicted octanol–water partition coefficient (Wildman–Crippen LogP) is 5.87. The Kier molecular flexibility index (Phi) is 6.42. The second kappa shape index (κ2) is 9.07. The third-order valence-corrected chi connectivity index (χ3v) is 6.76. The van der Waals surface area contributed by atoms with Crippen LogP contribution in [-0.2, 0) is 4.79 Å². The van der Waals surface area contributed by atoms with Crippen molar-refractivity contribution in [1.82, 2.24) is 9.88 Å². The molecule has 0 saturated heterocycles. The van der Waals surface area contributed by atoms with Gasteiger partial charge in [0.25, 0.3) is 0 Å². The number of para-hydroxylation sites is 1. The van der Waals surface area contributed by atoms with Crippen LogP contribution in [0, 0.1) is 0 Å². The molecule has 1 atom stereocenters. The van der Waals surface area contributed by atoms with Crippen LogP contribution in [0.1, 0.15) is 36.8 Å². The van der Waals surface area contributed by atoms with Crippen molar-refractivity contribution in [2.75, 3.05) is 31.1 Å². The number of aromatic nitrogens is 1. The summed E-state index contributed by atoms with van der Waals surface area (Å²) in [4.78, 5) is 19.8. The average Bonchev–Trinajstić information content (AvgIpc) is 3.34. The van der Waals surface area contributed by atoms with Gasteiger partial charge >= 0.3 is 0 Å². The first-order chi connectivity index (χ1) is 14.6. The summed E-state index contributed by atoms with van der Waals surface area (Å²) < 4.78 is 0. The second-order valence-electron chi connectivity index (χ2n) is 8.35. The molecular formula is C25H27Cl2N3O. The van der Waals surface area contributed by atoms with Crippen molar-refractivity contribution in [2.24, 2.45) is 0 Å². The molecular weight excluding hydrogens is 429 g/mol. The average molecular weight is 456 g/mol. The molecule has 1 unspecified atom stereocenters. The van der Waals surface area contributed by atoms with Gasteiger partial charge in [-0.25, -0.2) is 0 Å². The highest BCUT2D eigenvalue weighted by Gasteiger charge is 2.30. The number of halogens is 2. The van der Waals surface area contributed by atoms with Crippen LogP contribution in [-0.4, -0.2) is 42.0 Å². The Morgan fingerprint density at radius 2 is 2.06 bits per heavy atom. The maximum atomic E-state index is 12.0. The standard InChI is InChI=1S/C25H26ClN3O.ClH/c1-17(30)29-16-19(21-4-2-3-5-25(21)29)10-13-28-11-8-18(9-12-28)23-15-27-24-14-20(26)6-7-22(23)24;/h2-8,14-15,19,27H,9-13,16H2,1H3;1H. The molecule has 0 spiro atoms. The number of H-pyrrole nitrogens is 1. The molecule has 2 aliphatic heterocycles. The highest BCUT2D eigenvalue weighted by Crippen LogP contribution is 2.38. The highest BCUT2D eigenvalue weighted by atomic mass is 35.5. The van der Waals surface area contributed by atoms with Gasteiger partial charge in [-0.3, -0.25) is 9.69 Å². The molecule has 3 heterocycles. The minimum Gasteiger partial charge on any atom is -0.361 e. The summed E-state index contributed by atoms with van der Waals surface area (Å²) >= 11 is 6.12. The molecule has 31 heavy (non-hydrogen) atoms. The number of rotatable bonds is 4. The van der Waals surface area contributed by atoms with Crippen LogP contribution in [0.15, 0.2) is 54.7 Å². The van der Waals surface area contributed by atoms with E-state index in [0.717, 1.165) is 55.2 Å². The van der Waals surface area contributed by atoms with Gasteiger partial charge in [-0.2, -0.15) is 0 Å². The van der Waals surface area contributed by atoms with Crippen molar-refractivity contribution in [3.05, 3.63) is 70.9 Å². The van der Waals surface area contributed by atoms with Crippen molar-refractivity contribution in [1.29, 1.82) is 0 Å². The van der Waals surface area contributed by atoms with E-state index in [1.54, 1.807) is 6.92 Å². The number of carbonyl (C=O) groups is 1. The first-order valence-corrected chi connectivity index (χ1v) is 11.0. The number of benzene rings is 2. The summed E-state index contributed by atoms with van der Waals surface area (Å²) in [7, 11) is 0. The maximum Gasteiger partial charge on any atom is 0.223 e. The van der Waals surface area contributed by atoms with Gasteiger partial charge in [0.1, 0.15) is 0 Å². The van der Waals surface area contributed by atoms with E-state index < -0.39 is 0 Å². The summed E-state index contributed by atoms with van der Waals surface area (Å²) in [5, 5.41) is 2.00. The predicted molar refractivity (Wildman–Crippen MR) is 131 cm³/mol. The molecule has 3 aromatic rings. The van der Waals surface area contributed by atoms with E-state index in [4.69, 9.17) is 11.6 Å². The lowest BCUT2D eigenvalue weighted by Crippen LogP contribution is -2.31. The zero-order chi connectivity index (χ0) is 20.7. The van der Waals surface area contributed by atoms with Gasteiger partial charge < -0.3 is 9.88 Å². The molecule has 4 nitrogen and oxygen atoms in total. The monoisotopic (exact) mass is 455 g/mol. The minimum atomic E-state index is 0. The van der Waals surface area contributed by atoms with Crippen molar-refractivity contribution in [2.45, 2.75) is 25.7 Å². The Balaban J connectivity index is 0.00000231. The van der Waals surface area contributed by atoms with E-state index in [1.807, 2.05) is 23.1 Å². The van der Waals surface area contributed by atoms with E-state index in [1.165, 1.54) is 22.1 Å². The van der Waals surface area contributed by atoms with E-state index >= 15 is 0 Å². The Bertz CT molecular complexity index is 1140. The van der Waals surface area contributed by atoms with Crippen molar-refractivity contribution >= 4 is 52.1 Å². The Labute approximate surface area is 194 Å². The molecule has 2 aromatic carbocycles. The van der Waals surface area contributed by atoms with Crippen molar-refractivity contribution in [3.8, 4) is 0 Å².